The fourth-order valence-electron chi connectivity index (χ4n) is 3.42. The summed E-state index contributed by atoms with van der Waals surface area (Å²) in [5.74, 6) is -0.288. The molecule has 3 rings (SSSR count). The fraction of sp³-hybridized carbons (Fsp3) is 0.429. The number of aryl methyl sites for hydroxylation is 1. The van der Waals surface area contributed by atoms with E-state index in [1.807, 2.05) is 6.92 Å². The molecule has 0 amide bonds. The molecular weight excluding hydrogens is 458 g/mol. The second kappa shape index (κ2) is 10.4. The van der Waals surface area contributed by atoms with E-state index in [1.165, 1.54) is 8.61 Å². The van der Waals surface area contributed by atoms with Gasteiger partial charge < -0.3 is 5.32 Å². The van der Waals surface area contributed by atoms with Crippen LogP contribution in [0.25, 0.3) is 0 Å². The Morgan fingerprint density at radius 1 is 1.00 bits per heavy atom. The van der Waals surface area contributed by atoms with Crippen LogP contribution in [0.5, 0.6) is 0 Å². The predicted octanol–water partition coefficient (Wildman–Crippen LogP) is 2.33. The number of piperazine rings is 1. The molecule has 0 unspecified atom stereocenters. The summed E-state index contributed by atoms with van der Waals surface area (Å²) in [5.41, 5.74) is 1.65. The summed E-state index contributed by atoms with van der Waals surface area (Å²) in [6, 6.07) is 13.7. The highest BCUT2D eigenvalue weighted by atomic mass is 35.5. The molecule has 1 N–H and O–H groups in total. The summed E-state index contributed by atoms with van der Waals surface area (Å²) in [6.07, 6.45) is 0.798. The SMILES string of the molecule is CCc1ccc(S(=O)(=O)N(CCS(=O)(=O)N2CCNCC2)Cc2ccccc2Cl)cc1. The van der Waals surface area contributed by atoms with Crippen molar-refractivity contribution in [2.24, 2.45) is 0 Å². The van der Waals surface area contributed by atoms with E-state index < -0.39 is 20.0 Å². The van der Waals surface area contributed by atoms with Crippen LogP contribution in [-0.4, -0.2) is 63.9 Å². The Morgan fingerprint density at radius 3 is 2.26 bits per heavy atom. The minimum absolute atomic E-state index is 0.00535. The summed E-state index contributed by atoms with van der Waals surface area (Å²) in [6.45, 7) is 3.78. The Balaban J connectivity index is 1.87. The van der Waals surface area contributed by atoms with Gasteiger partial charge >= 0.3 is 0 Å². The molecule has 0 bridgehead atoms. The number of hydrogen-bond acceptors (Lipinski definition) is 5. The van der Waals surface area contributed by atoms with Gasteiger partial charge in [0.2, 0.25) is 20.0 Å². The van der Waals surface area contributed by atoms with Gasteiger partial charge in [0, 0.05) is 44.3 Å². The Kier molecular flexibility index (Phi) is 8.12. The van der Waals surface area contributed by atoms with Crippen LogP contribution in [0.3, 0.4) is 0 Å². The molecule has 2 aromatic carbocycles. The zero-order valence-corrected chi connectivity index (χ0v) is 19.9. The highest BCUT2D eigenvalue weighted by molar-refractivity contribution is 7.90. The third kappa shape index (κ3) is 6.06. The van der Waals surface area contributed by atoms with Crippen LogP contribution < -0.4 is 5.32 Å². The van der Waals surface area contributed by atoms with Crippen molar-refractivity contribution in [3.8, 4) is 0 Å². The van der Waals surface area contributed by atoms with Crippen LogP contribution in [0, 0.1) is 0 Å². The number of sulfonamides is 2. The van der Waals surface area contributed by atoms with E-state index in [9.17, 15) is 16.8 Å². The van der Waals surface area contributed by atoms with Gasteiger partial charge in [-0.15, -0.1) is 0 Å². The van der Waals surface area contributed by atoms with Crippen molar-refractivity contribution in [1.29, 1.82) is 0 Å². The number of rotatable bonds is 9. The molecule has 2 aromatic rings. The number of nitrogens with zero attached hydrogens (tertiary/aromatic N) is 2. The molecule has 0 saturated carbocycles. The molecule has 0 aromatic heterocycles. The fourth-order valence-corrected chi connectivity index (χ4v) is 6.59. The summed E-state index contributed by atoms with van der Waals surface area (Å²) in [7, 11) is -7.49. The van der Waals surface area contributed by atoms with E-state index in [0.717, 1.165) is 12.0 Å². The van der Waals surface area contributed by atoms with Crippen LogP contribution in [0.2, 0.25) is 5.02 Å². The Hall–Kier alpha value is -1.49. The molecule has 7 nitrogen and oxygen atoms in total. The molecule has 0 radical (unpaired) electrons. The van der Waals surface area contributed by atoms with E-state index in [-0.39, 0.29) is 23.7 Å². The molecule has 1 aliphatic rings. The van der Waals surface area contributed by atoms with Gasteiger partial charge in [-0.1, -0.05) is 48.9 Å². The molecule has 10 heteroatoms. The van der Waals surface area contributed by atoms with Gasteiger partial charge in [0.15, 0.2) is 0 Å². The summed E-state index contributed by atoms with van der Waals surface area (Å²) in [5, 5.41) is 3.56. The lowest BCUT2D eigenvalue weighted by Gasteiger charge is -2.28. The number of halogens is 1. The maximum Gasteiger partial charge on any atom is 0.243 e. The van der Waals surface area contributed by atoms with Gasteiger partial charge in [-0.25, -0.2) is 16.8 Å². The lowest BCUT2D eigenvalue weighted by atomic mass is 10.2. The van der Waals surface area contributed by atoms with Gasteiger partial charge in [0.1, 0.15) is 0 Å². The van der Waals surface area contributed by atoms with Crippen LogP contribution in [0.15, 0.2) is 53.4 Å². The molecule has 1 fully saturated rings. The highest BCUT2D eigenvalue weighted by Gasteiger charge is 2.30. The van der Waals surface area contributed by atoms with E-state index >= 15 is 0 Å². The minimum atomic E-state index is -3.91. The first-order valence-corrected chi connectivity index (χ1v) is 13.7. The largest absolute Gasteiger partial charge is 0.314 e. The smallest absolute Gasteiger partial charge is 0.243 e. The van der Waals surface area contributed by atoms with Crippen molar-refractivity contribution >= 4 is 31.6 Å². The van der Waals surface area contributed by atoms with E-state index in [2.05, 4.69) is 5.32 Å². The zero-order valence-electron chi connectivity index (χ0n) is 17.5. The third-order valence-electron chi connectivity index (χ3n) is 5.34. The lowest BCUT2D eigenvalue weighted by molar-refractivity contribution is 0.355. The summed E-state index contributed by atoms with van der Waals surface area (Å²) < 4.78 is 55.0. The molecule has 0 atom stereocenters. The number of hydrogen-bond donors (Lipinski definition) is 1. The maximum atomic E-state index is 13.4. The van der Waals surface area contributed by atoms with Crippen molar-refractivity contribution in [2.75, 3.05) is 38.5 Å². The molecule has 0 spiro atoms. The molecular formula is C21H28ClN3O4S2. The number of benzene rings is 2. The Labute approximate surface area is 190 Å². The first-order valence-electron chi connectivity index (χ1n) is 10.2. The molecule has 1 saturated heterocycles. The van der Waals surface area contributed by atoms with Crippen molar-refractivity contribution in [1.82, 2.24) is 13.9 Å². The van der Waals surface area contributed by atoms with Crippen LogP contribution in [-0.2, 0) is 33.0 Å². The van der Waals surface area contributed by atoms with Crippen LogP contribution in [0.1, 0.15) is 18.1 Å². The highest BCUT2D eigenvalue weighted by Crippen LogP contribution is 2.23. The Morgan fingerprint density at radius 2 is 1.65 bits per heavy atom. The standard InChI is InChI=1S/C21H28ClN3O4S2/c1-2-18-7-9-20(10-8-18)31(28,29)25(17-19-5-3-4-6-21(19)22)15-16-30(26,27)24-13-11-23-12-14-24/h3-10,23H,2,11-17H2,1H3. The first kappa shape index (κ1) is 24.2. The van der Waals surface area contributed by atoms with Gasteiger partial charge in [-0.3, -0.25) is 0 Å². The summed E-state index contributed by atoms with van der Waals surface area (Å²) in [4.78, 5) is 0.135. The normalized spacial score (nSPS) is 16.0. The Bertz CT molecular complexity index is 1080. The van der Waals surface area contributed by atoms with Crippen LogP contribution >= 0.6 is 11.6 Å². The van der Waals surface area contributed by atoms with Gasteiger partial charge in [0.25, 0.3) is 0 Å². The zero-order chi connectivity index (χ0) is 22.5. The van der Waals surface area contributed by atoms with Gasteiger partial charge in [-0.05, 0) is 35.7 Å². The van der Waals surface area contributed by atoms with E-state index in [1.54, 1.807) is 48.5 Å². The van der Waals surface area contributed by atoms with Gasteiger partial charge in [-0.2, -0.15) is 8.61 Å². The third-order valence-corrected chi connectivity index (χ3v) is 9.42. The summed E-state index contributed by atoms with van der Waals surface area (Å²) >= 11 is 6.26. The predicted molar refractivity (Wildman–Crippen MR) is 123 cm³/mol. The quantitative estimate of drug-likeness (QED) is 0.589. The van der Waals surface area contributed by atoms with Gasteiger partial charge in [0.05, 0.1) is 10.6 Å². The molecule has 1 heterocycles. The van der Waals surface area contributed by atoms with E-state index in [4.69, 9.17) is 11.6 Å². The molecule has 31 heavy (non-hydrogen) atoms. The molecule has 0 aliphatic carbocycles. The first-order chi connectivity index (χ1) is 14.7. The van der Waals surface area contributed by atoms with Crippen molar-refractivity contribution in [3.05, 3.63) is 64.7 Å². The van der Waals surface area contributed by atoms with E-state index in [0.29, 0.717) is 36.8 Å². The average Bonchev–Trinajstić information content (AvgIpc) is 2.78. The lowest BCUT2D eigenvalue weighted by Crippen LogP contribution is -2.48. The molecule has 170 valence electrons. The second-order valence-corrected chi connectivity index (χ2v) is 11.8. The minimum Gasteiger partial charge on any atom is -0.314 e. The topological polar surface area (TPSA) is 86.8 Å². The number of nitrogens with one attached hydrogen (secondary N) is 1. The van der Waals surface area contributed by atoms with Crippen LogP contribution in [0.4, 0.5) is 0 Å². The second-order valence-electron chi connectivity index (χ2n) is 7.39. The monoisotopic (exact) mass is 485 g/mol. The molecule has 1 aliphatic heterocycles. The van der Waals surface area contributed by atoms with Crippen molar-refractivity contribution in [3.63, 3.8) is 0 Å². The average molecular weight is 486 g/mol. The van der Waals surface area contributed by atoms with Crippen molar-refractivity contribution < 1.29 is 16.8 Å². The van der Waals surface area contributed by atoms with Crippen molar-refractivity contribution in [2.45, 2.75) is 24.8 Å². The maximum absolute atomic E-state index is 13.4.